The average molecular weight is 479 g/mol. The molecule has 0 saturated carbocycles. The summed E-state index contributed by atoms with van der Waals surface area (Å²) in [6, 6.07) is 13.1. The van der Waals surface area contributed by atoms with Gasteiger partial charge in [-0.1, -0.05) is 12.1 Å². The summed E-state index contributed by atoms with van der Waals surface area (Å²) < 4.78 is 18.1. The number of hydrogen-bond donors (Lipinski definition) is 0. The zero-order valence-corrected chi connectivity index (χ0v) is 20.0. The Morgan fingerprint density at radius 1 is 1.03 bits per heavy atom. The lowest BCUT2D eigenvalue weighted by Gasteiger charge is -2.27. The number of morpholine rings is 1. The van der Waals surface area contributed by atoms with Gasteiger partial charge in [-0.2, -0.15) is 0 Å². The van der Waals surface area contributed by atoms with Crippen LogP contribution < -0.4 is 15.0 Å². The van der Waals surface area contributed by atoms with E-state index in [1.54, 1.807) is 18.8 Å². The molecule has 176 valence electrons. The van der Waals surface area contributed by atoms with Gasteiger partial charge < -0.3 is 14.2 Å². The highest BCUT2D eigenvalue weighted by Crippen LogP contribution is 2.34. The molecule has 1 saturated heterocycles. The van der Waals surface area contributed by atoms with Crippen LogP contribution in [0.1, 0.15) is 10.8 Å². The largest absolute Gasteiger partial charge is 0.497 e. The van der Waals surface area contributed by atoms with Gasteiger partial charge >= 0.3 is 0 Å². The monoisotopic (exact) mass is 478 g/mol. The van der Waals surface area contributed by atoms with Gasteiger partial charge in [0.15, 0.2) is 0 Å². The number of fused-ring (bicyclic) bond motifs is 1. The molecule has 8 nitrogen and oxygen atoms in total. The summed E-state index contributed by atoms with van der Waals surface area (Å²) in [4.78, 5) is 25.4. The van der Waals surface area contributed by atoms with Gasteiger partial charge in [-0.05, 0) is 30.3 Å². The molecule has 34 heavy (non-hydrogen) atoms. The Kier molecular flexibility index (Phi) is 6.57. The highest BCUT2D eigenvalue weighted by Gasteiger charge is 2.18. The van der Waals surface area contributed by atoms with Gasteiger partial charge in [0.1, 0.15) is 22.3 Å². The molecule has 2 aromatic heterocycles. The molecule has 1 fully saturated rings. The van der Waals surface area contributed by atoms with Crippen LogP contribution in [-0.4, -0.2) is 60.0 Å². The lowest BCUT2D eigenvalue weighted by molar-refractivity contribution is 0.0325. The summed E-state index contributed by atoms with van der Waals surface area (Å²) >= 11 is 1.51. The van der Waals surface area contributed by atoms with Gasteiger partial charge in [-0.15, -0.1) is 11.3 Å². The normalized spacial score (nSPS) is 14.4. The minimum absolute atomic E-state index is 0.0513. The van der Waals surface area contributed by atoms with E-state index in [1.165, 1.54) is 11.3 Å². The van der Waals surface area contributed by atoms with Crippen molar-refractivity contribution in [1.82, 2.24) is 19.4 Å². The van der Waals surface area contributed by atoms with E-state index >= 15 is 0 Å². The number of thiazole rings is 1. The van der Waals surface area contributed by atoms with Crippen molar-refractivity contribution >= 4 is 22.2 Å². The molecule has 1 aliphatic heterocycles. The lowest BCUT2D eigenvalue weighted by atomic mass is 10.1. The van der Waals surface area contributed by atoms with E-state index in [0.717, 1.165) is 46.7 Å². The number of nitrogens with zero attached hydrogens (tertiary/aromatic N) is 4. The quantitative estimate of drug-likeness (QED) is 0.403. The molecule has 1 aliphatic rings. The Bertz CT molecular complexity index is 1360. The fraction of sp³-hybridized carbons (Fsp3) is 0.320. The van der Waals surface area contributed by atoms with E-state index in [1.807, 2.05) is 47.8 Å². The predicted octanol–water partition coefficient (Wildman–Crippen LogP) is 3.42. The van der Waals surface area contributed by atoms with Gasteiger partial charge in [0.25, 0.3) is 5.56 Å². The van der Waals surface area contributed by atoms with E-state index in [0.29, 0.717) is 37.2 Å². The molecule has 3 heterocycles. The minimum atomic E-state index is -0.0513. The predicted molar refractivity (Wildman–Crippen MR) is 132 cm³/mol. The van der Waals surface area contributed by atoms with Crippen molar-refractivity contribution in [2.24, 2.45) is 0 Å². The molecule has 0 bridgehead atoms. The van der Waals surface area contributed by atoms with E-state index in [2.05, 4.69) is 4.90 Å². The van der Waals surface area contributed by atoms with E-state index in [9.17, 15) is 4.79 Å². The third-order valence-corrected chi connectivity index (χ3v) is 6.77. The van der Waals surface area contributed by atoms with Gasteiger partial charge in [0, 0.05) is 24.0 Å². The average Bonchev–Trinajstić information content (AvgIpc) is 3.35. The number of methoxy groups -OCH3 is 2. The Morgan fingerprint density at radius 2 is 1.85 bits per heavy atom. The maximum atomic E-state index is 13.5. The van der Waals surface area contributed by atoms with Gasteiger partial charge in [0.05, 0.1) is 57.1 Å². The first-order chi connectivity index (χ1) is 16.7. The first-order valence-corrected chi connectivity index (χ1v) is 12.0. The van der Waals surface area contributed by atoms with Crippen molar-refractivity contribution < 1.29 is 14.2 Å². The van der Waals surface area contributed by atoms with Crippen LogP contribution in [0.3, 0.4) is 0 Å². The third-order valence-electron chi connectivity index (χ3n) is 5.94. The standard InChI is InChI=1S/C25H26N4O4S/c1-31-17-7-8-22(32-2)19(13-17)21-16-34-24(27-21)15-29-23(14-28-9-11-33-12-10-28)26-20-6-4-3-5-18(20)25(29)30/h3-8,13,16H,9-12,14-15H2,1-2H3. The maximum absolute atomic E-state index is 13.5. The van der Waals surface area contributed by atoms with Crippen molar-refractivity contribution in [3.8, 4) is 22.8 Å². The first-order valence-electron chi connectivity index (χ1n) is 11.1. The molecule has 0 atom stereocenters. The Balaban J connectivity index is 1.52. The highest BCUT2D eigenvalue weighted by atomic mass is 32.1. The summed E-state index contributed by atoms with van der Waals surface area (Å²) in [5, 5.41) is 3.41. The number of hydrogen-bond acceptors (Lipinski definition) is 8. The molecule has 0 amide bonds. The molecule has 0 radical (unpaired) electrons. The van der Waals surface area contributed by atoms with E-state index in [4.69, 9.17) is 24.2 Å². The van der Waals surface area contributed by atoms with Crippen molar-refractivity contribution in [3.63, 3.8) is 0 Å². The minimum Gasteiger partial charge on any atom is -0.497 e. The van der Waals surface area contributed by atoms with E-state index < -0.39 is 0 Å². The van der Waals surface area contributed by atoms with Crippen LogP contribution in [0.25, 0.3) is 22.2 Å². The van der Waals surface area contributed by atoms with Crippen LogP contribution >= 0.6 is 11.3 Å². The number of benzene rings is 2. The van der Waals surface area contributed by atoms with Crippen LogP contribution in [0.15, 0.2) is 52.6 Å². The second kappa shape index (κ2) is 9.92. The van der Waals surface area contributed by atoms with E-state index in [-0.39, 0.29) is 5.56 Å². The van der Waals surface area contributed by atoms with Crippen molar-refractivity contribution in [3.05, 3.63) is 69.0 Å². The Hall–Kier alpha value is -3.27. The third kappa shape index (κ3) is 4.54. The summed E-state index contributed by atoms with van der Waals surface area (Å²) in [5.41, 5.74) is 2.30. The molecule has 0 N–H and O–H groups in total. The van der Waals surface area contributed by atoms with Crippen molar-refractivity contribution in [1.29, 1.82) is 0 Å². The first kappa shape index (κ1) is 22.5. The Labute approximate surface area is 201 Å². The molecule has 5 rings (SSSR count). The van der Waals surface area contributed by atoms with Gasteiger partial charge in [-0.3, -0.25) is 14.3 Å². The number of ether oxygens (including phenoxy) is 3. The number of para-hydroxylation sites is 1. The fourth-order valence-electron chi connectivity index (χ4n) is 4.11. The second-order valence-electron chi connectivity index (χ2n) is 8.02. The van der Waals surface area contributed by atoms with Crippen molar-refractivity contribution in [2.45, 2.75) is 13.1 Å². The molecule has 9 heteroatoms. The lowest BCUT2D eigenvalue weighted by Crippen LogP contribution is -2.38. The molecular formula is C25H26N4O4S. The fourth-order valence-corrected chi connectivity index (χ4v) is 4.90. The van der Waals surface area contributed by atoms with Crippen LogP contribution in [0.4, 0.5) is 0 Å². The summed E-state index contributed by atoms with van der Waals surface area (Å²) in [5.74, 6) is 2.18. The molecule has 0 aliphatic carbocycles. The molecular weight excluding hydrogens is 452 g/mol. The zero-order valence-electron chi connectivity index (χ0n) is 19.2. The number of aromatic nitrogens is 3. The zero-order chi connectivity index (χ0) is 23.5. The Morgan fingerprint density at radius 3 is 2.65 bits per heavy atom. The van der Waals surface area contributed by atoms with Crippen LogP contribution in [0.5, 0.6) is 11.5 Å². The molecule has 0 unspecified atom stereocenters. The summed E-state index contributed by atoms with van der Waals surface area (Å²) in [7, 11) is 3.27. The molecule has 2 aromatic carbocycles. The maximum Gasteiger partial charge on any atom is 0.261 e. The van der Waals surface area contributed by atoms with Gasteiger partial charge in [-0.25, -0.2) is 9.97 Å². The summed E-state index contributed by atoms with van der Waals surface area (Å²) in [6.07, 6.45) is 0. The van der Waals surface area contributed by atoms with Crippen LogP contribution in [0, 0.1) is 0 Å². The number of rotatable bonds is 7. The topological polar surface area (TPSA) is 78.7 Å². The van der Waals surface area contributed by atoms with Gasteiger partial charge in [0.2, 0.25) is 0 Å². The van der Waals surface area contributed by atoms with Crippen LogP contribution in [0.2, 0.25) is 0 Å². The van der Waals surface area contributed by atoms with Crippen molar-refractivity contribution in [2.75, 3.05) is 40.5 Å². The summed E-state index contributed by atoms with van der Waals surface area (Å²) in [6.45, 7) is 3.96. The molecule has 0 spiro atoms. The SMILES string of the molecule is COc1ccc(OC)c(-c2csc(Cn3c(CN4CCOCC4)nc4ccccc4c3=O)n2)c1. The molecule has 4 aromatic rings. The smallest absolute Gasteiger partial charge is 0.261 e. The van der Waals surface area contributed by atoms with Crippen LogP contribution in [-0.2, 0) is 17.8 Å². The highest BCUT2D eigenvalue weighted by molar-refractivity contribution is 7.09. The second-order valence-corrected chi connectivity index (χ2v) is 8.96.